The minimum absolute atomic E-state index is 0.00944. The fourth-order valence-electron chi connectivity index (χ4n) is 1.86. The molecule has 0 aliphatic rings. The molecule has 9 heteroatoms. The summed E-state index contributed by atoms with van der Waals surface area (Å²) in [4.78, 5) is 12.0. The molecule has 0 fully saturated rings. The number of hydrogen-bond donors (Lipinski definition) is 3. The zero-order valence-corrected chi connectivity index (χ0v) is 13.6. The maximum atomic E-state index is 12.0. The summed E-state index contributed by atoms with van der Waals surface area (Å²) in [6.45, 7) is 0.00944. The molecule has 0 saturated carbocycles. The lowest BCUT2D eigenvalue weighted by atomic mass is 10.1. The van der Waals surface area contributed by atoms with E-state index in [9.17, 15) is 13.2 Å². The summed E-state index contributed by atoms with van der Waals surface area (Å²) in [5.74, 6) is 0.0817. The molecule has 2 aromatic rings. The van der Waals surface area contributed by atoms with Crippen LogP contribution < -0.4 is 14.8 Å². The molecule has 0 bridgehead atoms. The van der Waals surface area contributed by atoms with Crippen LogP contribution >= 0.6 is 0 Å². The van der Waals surface area contributed by atoms with Crippen molar-refractivity contribution in [1.29, 1.82) is 0 Å². The summed E-state index contributed by atoms with van der Waals surface area (Å²) >= 11 is 0. The van der Waals surface area contributed by atoms with E-state index in [0.29, 0.717) is 11.4 Å². The number of amides is 1. The van der Waals surface area contributed by atoms with E-state index in [1.807, 2.05) is 18.2 Å². The number of aromatic amines is 1. The molecule has 0 radical (unpaired) electrons. The molecule has 124 valence electrons. The van der Waals surface area contributed by atoms with Crippen LogP contribution in [0.15, 0.2) is 30.3 Å². The first kappa shape index (κ1) is 17.0. The van der Waals surface area contributed by atoms with Gasteiger partial charge in [0.25, 0.3) is 5.91 Å². The summed E-state index contributed by atoms with van der Waals surface area (Å²) in [5.41, 5.74) is 1.65. The number of rotatable bonds is 7. The van der Waals surface area contributed by atoms with Crippen molar-refractivity contribution in [1.82, 2.24) is 20.2 Å². The van der Waals surface area contributed by atoms with E-state index in [1.165, 1.54) is 7.05 Å². The molecule has 2 rings (SSSR count). The highest BCUT2D eigenvalue weighted by Crippen LogP contribution is 2.22. The van der Waals surface area contributed by atoms with Crippen LogP contribution in [0.4, 0.5) is 0 Å². The van der Waals surface area contributed by atoms with Gasteiger partial charge in [-0.15, -0.1) is 0 Å². The van der Waals surface area contributed by atoms with Crippen LogP contribution in [0.2, 0.25) is 0 Å². The topological polar surface area (TPSA) is 113 Å². The molecular formula is C14H18N4O4S. The van der Waals surface area contributed by atoms with Crippen molar-refractivity contribution in [2.45, 2.75) is 0 Å². The summed E-state index contributed by atoms with van der Waals surface area (Å²) in [5, 5.41) is 9.24. The molecule has 3 N–H and O–H groups in total. The highest BCUT2D eigenvalue weighted by atomic mass is 32.2. The Bertz CT molecular complexity index is 786. The standard InChI is InChI=1S/C14H18N4O4S/c1-15-23(20,21)7-6-16-14(19)13-9-12(17-18-13)10-4-3-5-11(8-10)22-2/h3-5,8-9,15H,6-7H2,1-2H3,(H,16,19)(H,17,18). The normalized spacial score (nSPS) is 11.2. The van der Waals surface area contributed by atoms with E-state index in [4.69, 9.17) is 4.74 Å². The lowest BCUT2D eigenvalue weighted by Gasteiger charge is -2.03. The molecule has 0 saturated heterocycles. The zero-order chi connectivity index (χ0) is 16.9. The number of carbonyl (C=O) groups is 1. The molecule has 8 nitrogen and oxygen atoms in total. The molecule has 0 aliphatic carbocycles. The van der Waals surface area contributed by atoms with E-state index in [1.54, 1.807) is 19.2 Å². The van der Waals surface area contributed by atoms with Crippen molar-refractivity contribution in [2.75, 3.05) is 26.5 Å². The van der Waals surface area contributed by atoms with Gasteiger partial charge in [0.1, 0.15) is 11.4 Å². The first-order valence-corrected chi connectivity index (χ1v) is 8.49. The van der Waals surface area contributed by atoms with Crippen molar-refractivity contribution in [3.8, 4) is 17.0 Å². The lowest BCUT2D eigenvalue weighted by molar-refractivity contribution is 0.0951. The first-order valence-electron chi connectivity index (χ1n) is 6.84. The van der Waals surface area contributed by atoms with Crippen LogP contribution in [-0.2, 0) is 10.0 Å². The van der Waals surface area contributed by atoms with Crippen LogP contribution in [0.5, 0.6) is 5.75 Å². The van der Waals surface area contributed by atoms with Crippen LogP contribution in [-0.4, -0.2) is 51.0 Å². The van der Waals surface area contributed by atoms with Crippen LogP contribution in [0, 0.1) is 0 Å². The summed E-state index contributed by atoms with van der Waals surface area (Å²) < 4.78 is 29.9. The van der Waals surface area contributed by atoms with Gasteiger partial charge in [-0.05, 0) is 25.2 Å². The van der Waals surface area contributed by atoms with Crippen LogP contribution in [0.25, 0.3) is 11.3 Å². The average Bonchev–Trinajstić information content (AvgIpc) is 3.05. The maximum Gasteiger partial charge on any atom is 0.269 e. The number of nitrogens with one attached hydrogen (secondary N) is 3. The van der Waals surface area contributed by atoms with Crippen LogP contribution in [0.1, 0.15) is 10.5 Å². The number of methoxy groups -OCH3 is 1. The Morgan fingerprint density at radius 3 is 2.83 bits per heavy atom. The predicted molar refractivity (Wildman–Crippen MR) is 85.8 cm³/mol. The number of H-pyrrole nitrogens is 1. The Kier molecular flexibility index (Phi) is 5.35. The summed E-state index contributed by atoms with van der Waals surface area (Å²) in [7, 11) is -0.450. The van der Waals surface area contributed by atoms with Crippen molar-refractivity contribution in [2.24, 2.45) is 0 Å². The zero-order valence-electron chi connectivity index (χ0n) is 12.8. The van der Waals surface area contributed by atoms with Gasteiger partial charge < -0.3 is 10.1 Å². The minimum Gasteiger partial charge on any atom is -0.497 e. The van der Waals surface area contributed by atoms with Crippen molar-refractivity contribution in [3.05, 3.63) is 36.0 Å². The molecule has 1 amide bonds. The van der Waals surface area contributed by atoms with Gasteiger partial charge in [0, 0.05) is 12.1 Å². The number of aromatic nitrogens is 2. The van der Waals surface area contributed by atoms with Gasteiger partial charge in [0.2, 0.25) is 10.0 Å². The van der Waals surface area contributed by atoms with E-state index in [2.05, 4.69) is 20.2 Å². The number of hydrogen-bond acceptors (Lipinski definition) is 5. The number of ether oxygens (including phenoxy) is 1. The highest BCUT2D eigenvalue weighted by molar-refractivity contribution is 7.89. The second-order valence-electron chi connectivity index (χ2n) is 4.68. The molecule has 0 unspecified atom stereocenters. The van der Waals surface area contributed by atoms with Crippen molar-refractivity contribution < 1.29 is 17.9 Å². The van der Waals surface area contributed by atoms with Gasteiger partial charge in [-0.2, -0.15) is 5.10 Å². The monoisotopic (exact) mass is 338 g/mol. The molecule has 0 aliphatic heterocycles. The van der Waals surface area contributed by atoms with Gasteiger partial charge in [0.05, 0.1) is 18.6 Å². The molecule has 0 spiro atoms. The van der Waals surface area contributed by atoms with Crippen LogP contribution in [0.3, 0.4) is 0 Å². The number of benzene rings is 1. The average molecular weight is 338 g/mol. The third kappa shape index (κ3) is 4.54. The van der Waals surface area contributed by atoms with E-state index < -0.39 is 15.9 Å². The Labute approximate surface area is 134 Å². The fraction of sp³-hybridized carbons (Fsp3) is 0.286. The molecule has 1 aromatic heterocycles. The first-order chi connectivity index (χ1) is 10.9. The number of carbonyl (C=O) groups excluding carboxylic acids is 1. The molecule has 23 heavy (non-hydrogen) atoms. The molecule has 1 aromatic carbocycles. The summed E-state index contributed by atoms with van der Waals surface area (Å²) in [6, 6.07) is 8.88. The van der Waals surface area contributed by atoms with Gasteiger partial charge in [-0.1, -0.05) is 12.1 Å². The fourth-order valence-corrected chi connectivity index (χ4v) is 2.44. The molecule has 0 atom stereocenters. The number of sulfonamides is 1. The van der Waals surface area contributed by atoms with Crippen molar-refractivity contribution >= 4 is 15.9 Å². The minimum atomic E-state index is -3.35. The van der Waals surface area contributed by atoms with Gasteiger partial charge >= 0.3 is 0 Å². The third-order valence-electron chi connectivity index (χ3n) is 3.16. The van der Waals surface area contributed by atoms with E-state index in [0.717, 1.165) is 5.56 Å². The van der Waals surface area contributed by atoms with Gasteiger partial charge in [0.15, 0.2) is 0 Å². The Balaban J connectivity index is 2.02. The largest absolute Gasteiger partial charge is 0.497 e. The van der Waals surface area contributed by atoms with E-state index >= 15 is 0 Å². The lowest BCUT2D eigenvalue weighted by Crippen LogP contribution is -2.33. The Hall–Kier alpha value is -2.39. The predicted octanol–water partition coefficient (Wildman–Crippen LogP) is 0.364. The van der Waals surface area contributed by atoms with Crippen molar-refractivity contribution in [3.63, 3.8) is 0 Å². The SMILES string of the molecule is CNS(=O)(=O)CCNC(=O)c1cc(-c2cccc(OC)c2)n[nH]1. The summed E-state index contributed by atoms with van der Waals surface area (Å²) in [6.07, 6.45) is 0. The molecule has 1 heterocycles. The Morgan fingerprint density at radius 1 is 1.35 bits per heavy atom. The molecular weight excluding hydrogens is 320 g/mol. The second-order valence-corrected chi connectivity index (χ2v) is 6.72. The smallest absolute Gasteiger partial charge is 0.269 e. The third-order valence-corrected chi connectivity index (χ3v) is 4.52. The quantitative estimate of drug-likeness (QED) is 0.675. The Morgan fingerprint density at radius 2 is 2.13 bits per heavy atom. The van der Waals surface area contributed by atoms with Gasteiger partial charge in [-0.25, -0.2) is 13.1 Å². The van der Waals surface area contributed by atoms with E-state index in [-0.39, 0.29) is 18.0 Å². The van der Waals surface area contributed by atoms with Gasteiger partial charge in [-0.3, -0.25) is 9.89 Å². The highest BCUT2D eigenvalue weighted by Gasteiger charge is 2.13. The second kappa shape index (κ2) is 7.25. The number of nitrogens with zero attached hydrogens (tertiary/aromatic N) is 1. The maximum absolute atomic E-state index is 12.0.